The first-order valence-electron chi connectivity index (χ1n) is 7.99. The number of aromatic nitrogens is 1. The minimum absolute atomic E-state index is 0.0144. The van der Waals surface area contributed by atoms with E-state index >= 15 is 0 Å². The highest BCUT2D eigenvalue weighted by molar-refractivity contribution is 6.30. The van der Waals surface area contributed by atoms with Gasteiger partial charge in [0.15, 0.2) is 0 Å². The SMILES string of the molecule is CC1CC(=O)N([C@H]2CN(C(=O)Oc3ccc(Cl)cn3)CC(F)(F)C2)C1. The van der Waals surface area contributed by atoms with Crippen LogP contribution in [0.25, 0.3) is 0 Å². The van der Waals surface area contributed by atoms with Crippen LogP contribution in [0.1, 0.15) is 19.8 Å². The molecule has 2 fully saturated rings. The average molecular weight is 374 g/mol. The minimum Gasteiger partial charge on any atom is -0.391 e. The summed E-state index contributed by atoms with van der Waals surface area (Å²) in [6.45, 7) is 1.60. The van der Waals surface area contributed by atoms with E-state index in [2.05, 4.69) is 4.98 Å². The summed E-state index contributed by atoms with van der Waals surface area (Å²) in [6.07, 6.45) is 0.274. The molecule has 3 rings (SSSR count). The van der Waals surface area contributed by atoms with E-state index < -0.39 is 31.0 Å². The second-order valence-electron chi connectivity index (χ2n) is 6.63. The van der Waals surface area contributed by atoms with E-state index in [4.69, 9.17) is 16.3 Å². The van der Waals surface area contributed by atoms with Crippen molar-refractivity contribution in [1.29, 1.82) is 0 Å². The van der Waals surface area contributed by atoms with Crippen LogP contribution >= 0.6 is 11.6 Å². The first-order chi connectivity index (χ1) is 11.7. The van der Waals surface area contributed by atoms with Crippen LogP contribution < -0.4 is 4.74 Å². The van der Waals surface area contributed by atoms with E-state index in [1.807, 2.05) is 6.92 Å². The summed E-state index contributed by atoms with van der Waals surface area (Å²) in [5, 5.41) is 0.367. The van der Waals surface area contributed by atoms with E-state index in [1.165, 1.54) is 23.2 Å². The zero-order valence-electron chi connectivity index (χ0n) is 13.6. The number of amides is 2. The lowest BCUT2D eigenvalue weighted by molar-refractivity contribution is -0.135. The molecule has 2 atom stereocenters. The monoisotopic (exact) mass is 373 g/mol. The van der Waals surface area contributed by atoms with Gasteiger partial charge in [0, 0.05) is 38.2 Å². The maximum atomic E-state index is 14.1. The third kappa shape index (κ3) is 4.18. The quantitative estimate of drug-likeness (QED) is 0.799. The highest BCUT2D eigenvalue weighted by Gasteiger charge is 2.46. The Morgan fingerprint density at radius 3 is 2.76 bits per heavy atom. The van der Waals surface area contributed by atoms with Crippen molar-refractivity contribution in [3.8, 4) is 5.88 Å². The van der Waals surface area contributed by atoms with Gasteiger partial charge in [-0.1, -0.05) is 18.5 Å². The summed E-state index contributed by atoms with van der Waals surface area (Å²) >= 11 is 5.70. The van der Waals surface area contributed by atoms with Gasteiger partial charge in [-0.2, -0.15) is 0 Å². The fourth-order valence-electron chi connectivity index (χ4n) is 3.27. The Balaban J connectivity index is 1.71. The number of piperidine rings is 1. The Labute approximate surface area is 148 Å². The second-order valence-corrected chi connectivity index (χ2v) is 7.07. The number of nitrogens with zero attached hydrogens (tertiary/aromatic N) is 3. The molecule has 2 saturated heterocycles. The molecule has 3 heterocycles. The normalized spacial score (nSPS) is 26.0. The van der Waals surface area contributed by atoms with Crippen molar-refractivity contribution in [3.05, 3.63) is 23.4 Å². The summed E-state index contributed by atoms with van der Waals surface area (Å²) in [4.78, 5) is 30.5. The summed E-state index contributed by atoms with van der Waals surface area (Å²) in [6, 6.07) is 2.15. The summed E-state index contributed by atoms with van der Waals surface area (Å²) in [5.41, 5.74) is 0. The zero-order chi connectivity index (χ0) is 18.2. The van der Waals surface area contributed by atoms with Gasteiger partial charge in [0.2, 0.25) is 11.8 Å². The standard InChI is InChI=1S/C16H18ClF2N3O3/c1-10-4-14(23)22(7-10)12-5-16(18,19)9-21(8-12)15(24)25-13-3-2-11(17)6-20-13/h2-3,6,10,12H,4-5,7-9H2,1H3/t10?,12-/m1/s1. The Morgan fingerprint density at radius 2 is 2.16 bits per heavy atom. The molecule has 1 aromatic rings. The van der Waals surface area contributed by atoms with Gasteiger partial charge < -0.3 is 9.64 Å². The third-order valence-corrected chi connectivity index (χ3v) is 4.55. The van der Waals surface area contributed by atoms with Crippen molar-refractivity contribution in [2.24, 2.45) is 5.92 Å². The molecule has 6 nitrogen and oxygen atoms in total. The molecule has 1 unspecified atom stereocenters. The Morgan fingerprint density at radius 1 is 1.40 bits per heavy atom. The number of hydrogen-bond acceptors (Lipinski definition) is 4. The molecular weight excluding hydrogens is 356 g/mol. The molecule has 0 N–H and O–H groups in total. The molecule has 2 amide bonds. The van der Waals surface area contributed by atoms with Crippen LogP contribution in [0.3, 0.4) is 0 Å². The van der Waals surface area contributed by atoms with Crippen molar-refractivity contribution in [1.82, 2.24) is 14.8 Å². The number of hydrogen-bond donors (Lipinski definition) is 0. The zero-order valence-corrected chi connectivity index (χ0v) is 14.4. The number of likely N-dealkylation sites (tertiary alicyclic amines) is 2. The van der Waals surface area contributed by atoms with E-state index in [9.17, 15) is 18.4 Å². The molecular formula is C16H18ClF2N3O3. The minimum atomic E-state index is -3.08. The molecule has 136 valence electrons. The number of carbonyl (C=O) groups excluding carboxylic acids is 2. The van der Waals surface area contributed by atoms with E-state index in [0.717, 1.165) is 4.90 Å². The Kier molecular flexibility index (Phi) is 4.81. The van der Waals surface area contributed by atoms with Crippen molar-refractivity contribution < 1.29 is 23.1 Å². The smallest absolute Gasteiger partial charge is 0.391 e. The highest BCUT2D eigenvalue weighted by atomic mass is 35.5. The number of alkyl halides is 2. The van der Waals surface area contributed by atoms with Crippen molar-refractivity contribution >= 4 is 23.6 Å². The molecule has 25 heavy (non-hydrogen) atoms. The van der Waals surface area contributed by atoms with Crippen molar-refractivity contribution in [2.45, 2.75) is 31.7 Å². The van der Waals surface area contributed by atoms with Gasteiger partial charge in [0.25, 0.3) is 5.92 Å². The maximum Gasteiger partial charge on any atom is 0.416 e. The number of carbonyl (C=O) groups is 2. The molecule has 0 bridgehead atoms. The number of halogens is 3. The predicted octanol–water partition coefficient (Wildman–Crippen LogP) is 2.81. The largest absolute Gasteiger partial charge is 0.416 e. The Bertz CT molecular complexity index is 671. The summed E-state index contributed by atoms with van der Waals surface area (Å²) < 4.78 is 33.3. The third-order valence-electron chi connectivity index (χ3n) is 4.33. The van der Waals surface area contributed by atoms with Gasteiger partial charge in [-0.15, -0.1) is 0 Å². The lowest BCUT2D eigenvalue weighted by atomic mass is 10.0. The first kappa shape index (κ1) is 17.8. The van der Waals surface area contributed by atoms with Crippen molar-refractivity contribution in [3.63, 3.8) is 0 Å². The number of pyridine rings is 1. The van der Waals surface area contributed by atoms with E-state index in [-0.39, 0.29) is 24.2 Å². The van der Waals surface area contributed by atoms with Crippen LogP contribution in [0.15, 0.2) is 18.3 Å². The number of rotatable bonds is 2. The van der Waals surface area contributed by atoms with Crippen LogP contribution in [-0.4, -0.2) is 58.4 Å². The molecule has 0 radical (unpaired) electrons. The molecule has 9 heteroatoms. The van der Waals surface area contributed by atoms with Crippen LogP contribution in [0, 0.1) is 5.92 Å². The lowest BCUT2D eigenvalue weighted by Crippen LogP contribution is -2.57. The predicted molar refractivity (Wildman–Crippen MR) is 85.7 cm³/mol. The topological polar surface area (TPSA) is 62.7 Å². The van der Waals surface area contributed by atoms with Crippen molar-refractivity contribution in [2.75, 3.05) is 19.6 Å². The van der Waals surface area contributed by atoms with Gasteiger partial charge in [0.05, 0.1) is 17.6 Å². The van der Waals surface area contributed by atoms with Gasteiger partial charge >= 0.3 is 6.09 Å². The van der Waals surface area contributed by atoms with Crippen LogP contribution in [-0.2, 0) is 4.79 Å². The van der Waals surface area contributed by atoms with Gasteiger partial charge in [-0.3, -0.25) is 9.69 Å². The van der Waals surface area contributed by atoms with Gasteiger partial charge in [0.1, 0.15) is 0 Å². The molecule has 0 aromatic carbocycles. The van der Waals surface area contributed by atoms with Crippen LogP contribution in [0.2, 0.25) is 5.02 Å². The molecule has 2 aliphatic heterocycles. The second kappa shape index (κ2) is 6.74. The molecule has 0 spiro atoms. The first-order valence-corrected chi connectivity index (χ1v) is 8.37. The molecule has 2 aliphatic rings. The van der Waals surface area contributed by atoms with Crippen LogP contribution in [0.5, 0.6) is 5.88 Å². The summed E-state index contributed by atoms with van der Waals surface area (Å²) in [7, 11) is 0. The fourth-order valence-corrected chi connectivity index (χ4v) is 3.38. The summed E-state index contributed by atoms with van der Waals surface area (Å²) in [5.74, 6) is -3.13. The lowest BCUT2D eigenvalue weighted by Gasteiger charge is -2.40. The van der Waals surface area contributed by atoms with E-state index in [0.29, 0.717) is 18.0 Å². The Hall–Kier alpha value is -1.96. The molecule has 0 aliphatic carbocycles. The van der Waals surface area contributed by atoms with Crippen LogP contribution in [0.4, 0.5) is 13.6 Å². The fraction of sp³-hybridized carbons (Fsp3) is 0.562. The van der Waals surface area contributed by atoms with Gasteiger partial charge in [-0.05, 0) is 12.0 Å². The molecule has 1 aromatic heterocycles. The average Bonchev–Trinajstić information content (AvgIpc) is 2.86. The highest BCUT2D eigenvalue weighted by Crippen LogP contribution is 2.32. The van der Waals surface area contributed by atoms with E-state index in [1.54, 1.807) is 0 Å². The molecule has 0 saturated carbocycles. The number of ether oxygens (including phenoxy) is 1. The van der Waals surface area contributed by atoms with Gasteiger partial charge in [-0.25, -0.2) is 18.6 Å². The maximum absolute atomic E-state index is 14.1.